The van der Waals surface area contributed by atoms with Crippen molar-refractivity contribution in [3.8, 4) is 0 Å². The van der Waals surface area contributed by atoms with Gasteiger partial charge in [-0.05, 0) is 51.7 Å². The van der Waals surface area contributed by atoms with E-state index in [9.17, 15) is 9.59 Å². The molecule has 2 rings (SSSR count). The van der Waals surface area contributed by atoms with Gasteiger partial charge in [0.2, 0.25) is 0 Å². The fourth-order valence-electron chi connectivity index (χ4n) is 3.68. The molecule has 0 aromatic carbocycles. The standard InChI is InChI=1S/C22H34O4/c1-17-15-19(21(23)25-17)13-11-9-7-5-3-4-6-8-10-12-14-20-16-18(2)26-22(20)24/h15-18H,3-14H2,1-2H3. The van der Waals surface area contributed by atoms with Gasteiger partial charge in [-0.3, -0.25) is 0 Å². The molecule has 2 aliphatic heterocycles. The van der Waals surface area contributed by atoms with Crippen molar-refractivity contribution in [3.63, 3.8) is 0 Å². The van der Waals surface area contributed by atoms with Crippen molar-refractivity contribution in [1.82, 2.24) is 0 Å². The van der Waals surface area contributed by atoms with Gasteiger partial charge in [0, 0.05) is 11.1 Å². The average molecular weight is 363 g/mol. The van der Waals surface area contributed by atoms with Crippen LogP contribution in [0.25, 0.3) is 0 Å². The molecule has 2 unspecified atom stereocenters. The van der Waals surface area contributed by atoms with Crippen LogP contribution in [0.2, 0.25) is 0 Å². The van der Waals surface area contributed by atoms with Gasteiger partial charge in [-0.25, -0.2) is 9.59 Å². The van der Waals surface area contributed by atoms with Crippen LogP contribution in [0.5, 0.6) is 0 Å². The summed E-state index contributed by atoms with van der Waals surface area (Å²) < 4.78 is 10.2. The first-order valence-corrected chi connectivity index (χ1v) is 10.4. The number of rotatable bonds is 13. The highest BCUT2D eigenvalue weighted by Crippen LogP contribution is 2.21. The van der Waals surface area contributed by atoms with Gasteiger partial charge >= 0.3 is 11.9 Å². The number of carbonyl (C=O) groups is 2. The van der Waals surface area contributed by atoms with Crippen molar-refractivity contribution in [1.29, 1.82) is 0 Å². The molecule has 4 heteroatoms. The van der Waals surface area contributed by atoms with E-state index in [1.165, 1.54) is 51.4 Å². The molecule has 4 nitrogen and oxygen atoms in total. The summed E-state index contributed by atoms with van der Waals surface area (Å²) in [6.45, 7) is 3.82. The SMILES string of the molecule is CC1C=C(CCCCCCCCCCCCC2=CC(C)OC2=O)C(=O)O1. The minimum absolute atomic E-state index is 0.0372. The van der Waals surface area contributed by atoms with Gasteiger partial charge in [0.05, 0.1) is 0 Å². The predicted octanol–water partition coefficient (Wildman–Crippen LogP) is 5.41. The van der Waals surface area contributed by atoms with E-state index in [4.69, 9.17) is 9.47 Å². The summed E-state index contributed by atoms with van der Waals surface area (Å²) in [6.07, 6.45) is 17.8. The number of cyclic esters (lactones) is 2. The monoisotopic (exact) mass is 362 g/mol. The summed E-state index contributed by atoms with van der Waals surface area (Å²) in [7, 11) is 0. The number of carbonyl (C=O) groups excluding carboxylic acids is 2. The second-order valence-electron chi connectivity index (χ2n) is 7.64. The fraction of sp³-hybridized carbons (Fsp3) is 0.727. The van der Waals surface area contributed by atoms with Gasteiger partial charge in [0.15, 0.2) is 0 Å². The summed E-state index contributed by atoms with van der Waals surface area (Å²) in [6, 6.07) is 0. The Bertz CT molecular complexity index is 484. The van der Waals surface area contributed by atoms with Crippen LogP contribution < -0.4 is 0 Å². The van der Waals surface area contributed by atoms with Gasteiger partial charge in [-0.1, -0.05) is 51.4 Å². The molecule has 0 saturated heterocycles. The molecule has 0 aromatic heterocycles. The molecule has 0 bridgehead atoms. The number of hydrogen-bond donors (Lipinski definition) is 0. The Morgan fingerprint density at radius 3 is 1.19 bits per heavy atom. The van der Waals surface area contributed by atoms with Crippen LogP contribution in [0.1, 0.15) is 90.9 Å². The predicted molar refractivity (Wildman–Crippen MR) is 103 cm³/mol. The second kappa shape index (κ2) is 11.2. The summed E-state index contributed by atoms with van der Waals surface area (Å²) in [4.78, 5) is 23.0. The lowest BCUT2D eigenvalue weighted by atomic mass is 10.0. The lowest BCUT2D eigenvalue weighted by molar-refractivity contribution is -0.140. The Labute approximate surface area is 158 Å². The van der Waals surface area contributed by atoms with Crippen molar-refractivity contribution in [2.75, 3.05) is 0 Å². The van der Waals surface area contributed by atoms with Crippen molar-refractivity contribution in [2.45, 2.75) is 103 Å². The van der Waals surface area contributed by atoms with Crippen molar-refractivity contribution in [2.24, 2.45) is 0 Å². The van der Waals surface area contributed by atoms with Gasteiger partial charge in [-0.15, -0.1) is 0 Å². The van der Waals surface area contributed by atoms with Gasteiger partial charge in [-0.2, -0.15) is 0 Å². The first-order chi connectivity index (χ1) is 12.6. The van der Waals surface area contributed by atoms with Crippen LogP contribution in [0.15, 0.2) is 23.3 Å². The van der Waals surface area contributed by atoms with E-state index >= 15 is 0 Å². The zero-order valence-electron chi connectivity index (χ0n) is 16.4. The Hall–Kier alpha value is -1.58. The average Bonchev–Trinajstić information content (AvgIpc) is 3.08. The maximum atomic E-state index is 11.5. The summed E-state index contributed by atoms with van der Waals surface area (Å²) in [5.74, 6) is -0.235. The van der Waals surface area contributed by atoms with Crippen LogP contribution in [-0.4, -0.2) is 24.1 Å². The third-order valence-corrected chi connectivity index (χ3v) is 5.12. The topological polar surface area (TPSA) is 52.6 Å². The summed E-state index contributed by atoms with van der Waals surface area (Å²) >= 11 is 0. The largest absolute Gasteiger partial charge is 0.455 e. The number of esters is 2. The molecular formula is C22H34O4. The number of ether oxygens (including phenoxy) is 2. The Balaban J connectivity index is 1.34. The van der Waals surface area contributed by atoms with Gasteiger partial charge in [0.25, 0.3) is 0 Å². The lowest BCUT2D eigenvalue weighted by Gasteiger charge is -2.03. The molecule has 0 fully saturated rings. The molecule has 0 spiro atoms. The van der Waals surface area contributed by atoms with Gasteiger partial charge < -0.3 is 9.47 Å². The Morgan fingerprint density at radius 1 is 0.615 bits per heavy atom. The molecule has 0 amide bonds. The molecular weight excluding hydrogens is 328 g/mol. The third-order valence-electron chi connectivity index (χ3n) is 5.12. The van der Waals surface area contributed by atoms with E-state index in [0.717, 1.165) is 36.8 Å². The maximum Gasteiger partial charge on any atom is 0.334 e. The molecule has 146 valence electrons. The van der Waals surface area contributed by atoms with Crippen LogP contribution >= 0.6 is 0 Å². The van der Waals surface area contributed by atoms with Crippen LogP contribution in [0, 0.1) is 0 Å². The second-order valence-corrected chi connectivity index (χ2v) is 7.64. The molecule has 0 aromatic rings. The highest BCUT2D eigenvalue weighted by atomic mass is 16.6. The first kappa shape index (κ1) is 20.7. The van der Waals surface area contributed by atoms with Crippen molar-refractivity contribution >= 4 is 11.9 Å². The van der Waals surface area contributed by atoms with Crippen LogP contribution in [-0.2, 0) is 19.1 Å². The van der Waals surface area contributed by atoms with Gasteiger partial charge in [0.1, 0.15) is 12.2 Å². The first-order valence-electron chi connectivity index (χ1n) is 10.4. The molecule has 2 atom stereocenters. The Morgan fingerprint density at radius 2 is 0.923 bits per heavy atom. The normalized spacial score (nSPS) is 22.2. The fourth-order valence-corrected chi connectivity index (χ4v) is 3.68. The zero-order chi connectivity index (χ0) is 18.8. The van der Waals surface area contributed by atoms with E-state index < -0.39 is 0 Å². The molecule has 0 radical (unpaired) electrons. The van der Waals surface area contributed by atoms with E-state index in [-0.39, 0.29) is 24.1 Å². The van der Waals surface area contributed by atoms with Crippen molar-refractivity contribution in [3.05, 3.63) is 23.3 Å². The zero-order valence-corrected chi connectivity index (χ0v) is 16.4. The maximum absolute atomic E-state index is 11.5. The number of hydrogen-bond acceptors (Lipinski definition) is 4. The van der Waals surface area contributed by atoms with Crippen LogP contribution in [0.4, 0.5) is 0 Å². The minimum Gasteiger partial charge on any atom is -0.455 e. The smallest absolute Gasteiger partial charge is 0.334 e. The Kier molecular flexibility index (Phi) is 8.93. The van der Waals surface area contributed by atoms with E-state index in [2.05, 4.69) is 0 Å². The summed E-state index contributed by atoms with van der Waals surface area (Å²) in [5, 5.41) is 0. The number of unbranched alkanes of at least 4 members (excludes halogenated alkanes) is 9. The van der Waals surface area contributed by atoms with E-state index in [0.29, 0.717) is 0 Å². The third kappa shape index (κ3) is 7.35. The molecule has 0 saturated carbocycles. The highest BCUT2D eigenvalue weighted by Gasteiger charge is 2.21. The van der Waals surface area contributed by atoms with E-state index in [1.54, 1.807) is 0 Å². The quantitative estimate of drug-likeness (QED) is 0.325. The van der Waals surface area contributed by atoms with Crippen LogP contribution in [0.3, 0.4) is 0 Å². The summed E-state index contributed by atoms with van der Waals surface area (Å²) in [5.41, 5.74) is 1.74. The minimum atomic E-state index is -0.117. The molecule has 26 heavy (non-hydrogen) atoms. The highest BCUT2D eigenvalue weighted by molar-refractivity contribution is 5.91. The molecule has 0 aliphatic carbocycles. The molecule has 0 N–H and O–H groups in total. The molecule has 2 heterocycles. The molecule has 2 aliphatic rings. The van der Waals surface area contributed by atoms with Crippen molar-refractivity contribution < 1.29 is 19.1 Å². The van der Waals surface area contributed by atoms with E-state index in [1.807, 2.05) is 26.0 Å². The lowest BCUT2D eigenvalue weighted by Crippen LogP contribution is -2.03.